The fraction of sp³-hybridized carbons (Fsp3) is 0.375. The minimum absolute atomic E-state index is 0.148. The van der Waals surface area contributed by atoms with Gasteiger partial charge in [-0.05, 0) is 24.6 Å². The number of hydrogen-bond donors (Lipinski definition) is 1. The van der Waals surface area contributed by atoms with Gasteiger partial charge in [0.2, 0.25) is 0 Å². The van der Waals surface area contributed by atoms with E-state index in [2.05, 4.69) is 10.4 Å². The van der Waals surface area contributed by atoms with Gasteiger partial charge < -0.3 is 10.1 Å². The molecule has 0 bridgehead atoms. The second-order valence-electron chi connectivity index (χ2n) is 5.53. The molecule has 0 saturated carbocycles. The largest absolute Gasteiger partial charge is 0.375 e. The van der Waals surface area contributed by atoms with Gasteiger partial charge in [-0.25, -0.2) is 8.78 Å². The maximum absolute atomic E-state index is 12.9. The van der Waals surface area contributed by atoms with Crippen LogP contribution in [0.1, 0.15) is 35.0 Å². The fourth-order valence-corrected chi connectivity index (χ4v) is 2.63. The van der Waals surface area contributed by atoms with Gasteiger partial charge in [-0.3, -0.25) is 9.48 Å². The number of carbonyl (C=O) groups excluding carboxylic acids is 1. The molecule has 1 aromatic carbocycles. The Bertz CT molecular complexity index is 753. The van der Waals surface area contributed by atoms with Crippen LogP contribution in [-0.2, 0) is 18.4 Å². The van der Waals surface area contributed by atoms with Crippen molar-refractivity contribution in [3.63, 3.8) is 0 Å². The summed E-state index contributed by atoms with van der Waals surface area (Å²) < 4.78 is 32.5. The zero-order valence-electron chi connectivity index (χ0n) is 13.6. The van der Waals surface area contributed by atoms with Crippen LogP contribution in [0.15, 0.2) is 24.4 Å². The molecular weight excluding hydrogens is 375 g/mol. The number of amides is 1. The van der Waals surface area contributed by atoms with Crippen LogP contribution in [0, 0.1) is 0 Å². The Balaban J connectivity index is 1.87. The molecule has 25 heavy (non-hydrogen) atoms. The summed E-state index contributed by atoms with van der Waals surface area (Å²) in [7, 11) is 1.48. The van der Waals surface area contributed by atoms with E-state index in [1.54, 1.807) is 25.1 Å². The Morgan fingerprint density at radius 1 is 1.40 bits per heavy atom. The molecule has 5 nitrogen and oxygen atoms in total. The van der Waals surface area contributed by atoms with E-state index < -0.39 is 18.0 Å². The lowest BCUT2D eigenvalue weighted by Crippen LogP contribution is -2.36. The van der Waals surface area contributed by atoms with Gasteiger partial charge in [-0.15, -0.1) is 0 Å². The van der Waals surface area contributed by atoms with Crippen LogP contribution < -0.4 is 5.32 Å². The molecular formula is C16H17Cl2F2N3O2. The summed E-state index contributed by atoms with van der Waals surface area (Å²) in [6, 6.07) is 4.68. The van der Waals surface area contributed by atoms with Gasteiger partial charge in [0.05, 0.1) is 18.8 Å². The van der Waals surface area contributed by atoms with Gasteiger partial charge >= 0.3 is 0 Å². The number of nitrogens with one attached hydrogen (secondary N) is 1. The number of aryl methyl sites for hydroxylation is 1. The quantitative estimate of drug-likeness (QED) is 0.775. The van der Waals surface area contributed by atoms with Gasteiger partial charge in [0.1, 0.15) is 5.69 Å². The lowest BCUT2D eigenvalue weighted by molar-refractivity contribution is 0.0811. The normalized spacial score (nSPS) is 12.4. The van der Waals surface area contributed by atoms with E-state index in [1.165, 1.54) is 17.9 Å². The first-order valence-corrected chi connectivity index (χ1v) is 8.17. The number of ether oxygens (including phenoxy) is 1. The average Bonchev–Trinajstić information content (AvgIpc) is 2.92. The van der Waals surface area contributed by atoms with E-state index in [-0.39, 0.29) is 24.8 Å². The maximum atomic E-state index is 12.9. The third-order valence-electron chi connectivity index (χ3n) is 3.33. The Morgan fingerprint density at radius 2 is 2.12 bits per heavy atom. The van der Waals surface area contributed by atoms with Crippen LogP contribution in [0.25, 0.3) is 0 Å². The molecule has 0 unspecified atom stereocenters. The highest BCUT2D eigenvalue weighted by Crippen LogP contribution is 2.22. The van der Waals surface area contributed by atoms with E-state index in [0.717, 1.165) is 5.56 Å². The summed E-state index contributed by atoms with van der Waals surface area (Å²) in [5.74, 6) is -0.621. The van der Waals surface area contributed by atoms with Crippen molar-refractivity contribution in [2.24, 2.45) is 7.05 Å². The third-order valence-corrected chi connectivity index (χ3v) is 3.91. The molecule has 2 aromatic rings. The molecule has 0 radical (unpaired) electrons. The Morgan fingerprint density at radius 3 is 2.76 bits per heavy atom. The summed E-state index contributed by atoms with van der Waals surface area (Å²) in [4.78, 5) is 12.1. The molecule has 1 amide bonds. The second-order valence-corrected chi connectivity index (χ2v) is 6.37. The van der Waals surface area contributed by atoms with E-state index in [1.807, 2.05) is 0 Å². The highest BCUT2D eigenvalue weighted by atomic mass is 35.5. The van der Waals surface area contributed by atoms with Gasteiger partial charge in [-0.2, -0.15) is 5.10 Å². The van der Waals surface area contributed by atoms with Crippen LogP contribution in [0.3, 0.4) is 0 Å². The highest BCUT2D eigenvalue weighted by Gasteiger charge is 2.23. The molecule has 0 aliphatic rings. The van der Waals surface area contributed by atoms with Crippen molar-refractivity contribution in [2.45, 2.75) is 26.0 Å². The first kappa shape index (κ1) is 19.6. The van der Waals surface area contributed by atoms with Gasteiger partial charge in [-0.1, -0.05) is 29.3 Å². The highest BCUT2D eigenvalue weighted by molar-refractivity contribution is 6.35. The third kappa shape index (κ3) is 5.39. The molecule has 136 valence electrons. The number of carbonyl (C=O) groups is 1. The van der Waals surface area contributed by atoms with Crippen molar-refractivity contribution < 1.29 is 18.3 Å². The lowest BCUT2D eigenvalue weighted by atomic mass is 10.2. The SMILES string of the molecule is C[C@@H](COCc1ccc(Cl)cc1Cl)NC(=O)c1cn(C)nc1C(F)F. The van der Waals surface area contributed by atoms with Crippen molar-refractivity contribution in [1.29, 1.82) is 0 Å². The molecule has 2 rings (SSSR count). The average molecular weight is 392 g/mol. The smallest absolute Gasteiger partial charge is 0.282 e. The minimum Gasteiger partial charge on any atom is -0.375 e. The number of halogens is 4. The standard InChI is InChI=1S/C16H17Cl2F2N3O2/c1-9(7-25-8-10-3-4-11(17)5-13(10)18)21-16(24)12-6-23(2)22-14(12)15(19)20/h3-6,9,15H,7-8H2,1-2H3,(H,21,24)/t9-/m0/s1. The van der Waals surface area contributed by atoms with Crippen LogP contribution in [0.5, 0.6) is 0 Å². The fourth-order valence-electron chi connectivity index (χ4n) is 2.17. The number of aromatic nitrogens is 2. The molecule has 0 aliphatic carbocycles. The number of nitrogens with zero attached hydrogens (tertiary/aromatic N) is 2. The zero-order valence-corrected chi connectivity index (χ0v) is 15.1. The van der Waals surface area contributed by atoms with Crippen LogP contribution in [0.4, 0.5) is 8.78 Å². The predicted octanol–water partition coefficient (Wildman–Crippen LogP) is 4.00. The topological polar surface area (TPSA) is 56.1 Å². The maximum Gasteiger partial charge on any atom is 0.282 e. The van der Waals surface area contributed by atoms with E-state index in [0.29, 0.717) is 10.0 Å². The van der Waals surface area contributed by atoms with Gasteiger partial charge in [0.25, 0.3) is 12.3 Å². The summed E-state index contributed by atoms with van der Waals surface area (Å²) in [6.45, 7) is 2.14. The van der Waals surface area contributed by atoms with Crippen molar-refractivity contribution in [3.8, 4) is 0 Å². The van der Waals surface area contributed by atoms with Crippen molar-refractivity contribution >= 4 is 29.1 Å². The van der Waals surface area contributed by atoms with Crippen molar-refractivity contribution in [2.75, 3.05) is 6.61 Å². The first-order chi connectivity index (χ1) is 11.8. The molecule has 1 aromatic heterocycles. The predicted molar refractivity (Wildman–Crippen MR) is 91.2 cm³/mol. The van der Waals surface area contributed by atoms with E-state index in [9.17, 15) is 13.6 Å². The summed E-state index contributed by atoms with van der Waals surface area (Å²) in [5.41, 5.74) is 0.0722. The number of alkyl halides is 2. The number of benzene rings is 1. The van der Waals surface area contributed by atoms with E-state index >= 15 is 0 Å². The van der Waals surface area contributed by atoms with Crippen LogP contribution >= 0.6 is 23.2 Å². The Kier molecular flexibility index (Phi) is 6.75. The van der Waals surface area contributed by atoms with Gasteiger partial charge in [0, 0.05) is 29.3 Å². The van der Waals surface area contributed by atoms with Gasteiger partial charge in [0.15, 0.2) is 0 Å². The Hall–Kier alpha value is -1.70. The minimum atomic E-state index is -2.82. The molecule has 1 N–H and O–H groups in total. The summed E-state index contributed by atoms with van der Waals surface area (Å²) in [6.07, 6.45) is -1.56. The molecule has 0 spiro atoms. The molecule has 9 heteroatoms. The van der Waals surface area contributed by atoms with Crippen molar-refractivity contribution in [1.82, 2.24) is 15.1 Å². The molecule has 1 atom stereocenters. The molecule has 0 aliphatic heterocycles. The van der Waals surface area contributed by atoms with E-state index in [4.69, 9.17) is 27.9 Å². The number of hydrogen-bond acceptors (Lipinski definition) is 3. The van der Waals surface area contributed by atoms with Crippen molar-refractivity contribution in [3.05, 3.63) is 51.3 Å². The number of rotatable bonds is 7. The summed E-state index contributed by atoms with van der Waals surface area (Å²) in [5, 5.41) is 7.23. The Labute approximate surface area is 153 Å². The molecule has 1 heterocycles. The van der Waals surface area contributed by atoms with Crippen LogP contribution in [-0.4, -0.2) is 28.3 Å². The lowest BCUT2D eigenvalue weighted by Gasteiger charge is -2.14. The molecule has 0 saturated heterocycles. The zero-order chi connectivity index (χ0) is 18.6. The monoisotopic (exact) mass is 391 g/mol. The first-order valence-electron chi connectivity index (χ1n) is 7.42. The second kappa shape index (κ2) is 8.60. The molecule has 0 fully saturated rings. The van der Waals surface area contributed by atoms with Crippen LogP contribution in [0.2, 0.25) is 10.0 Å². The summed E-state index contributed by atoms with van der Waals surface area (Å²) >= 11 is 11.9.